The molecule has 0 spiro atoms. The van der Waals surface area contributed by atoms with E-state index in [2.05, 4.69) is 15.0 Å². The molecule has 1 aromatic heterocycles. The average molecular weight is 642 g/mol. The normalized spacial score (nSPS) is 19.0. The van der Waals surface area contributed by atoms with Crippen LogP contribution >= 0.6 is 0 Å². The van der Waals surface area contributed by atoms with Crippen LogP contribution in [0.15, 0.2) is 53.6 Å². The number of aromatic nitrogens is 1. The van der Waals surface area contributed by atoms with Crippen LogP contribution in [0.4, 0.5) is 30.7 Å². The van der Waals surface area contributed by atoms with Gasteiger partial charge in [-0.25, -0.2) is 9.37 Å². The van der Waals surface area contributed by atoms with Crippen LogP contribution in [0.2, 0.25) is 0 Å². The molecule has 2 N–H and O–H groups in total. The van der Waals surface area contributed by atoms with Gasteiger partial charge in [0.2, 0.25) is 11.1 Å². The van der Waals surface area contributed by atoms with Gasteiger partial charge in [-0.05, 0) is 66.9 Å². The molecule has 5 rings (SSSR count). The number of hydrogen-bond acceptors (Lipinski definition) is 7. The highest BCUT2D eigenvalue weighted by atomic mass is 19.4. The molecule has 0 saturated heterocycles. The Morgan fingerprint density at radius 2 is 1.82 bits per heavy atom. The van der Waals surface area contributed by atoms with Crippen LogP contribution in [0.25, 0.3) is 21.7 Å². The smallest absolute Gasteiger partial charge is 0.424 e. The third-order valence-electron chi connectivity index (χ3n) is 7.29. The van der Waals surface area contributed by atoms with Crippen molar-refractivity contribution in [1.82, 2.24) is 10.3 Å². The zero-order chi connectivity index (χ0) is 32.8. The first kappa shape index (κ1) is 31.7. The van der Waals surface area contributed by atoms with Crippen LogP contribution in [0.1, 0.15) is 34.5 Å². The minimum Gasteiger partial charge on any atom is -0.493 e. The molecular formula is C28H22F7N5O5. The Labute approximate surface area is 249 Å². The second-order valence-electron chi connectivity index (χ2n) is 10.3. The molecule has 1 fully saturated rings. The van der Waals surface area contributed by atoms with Crippen LogP contribution in [-0.4, -0.2) is 54.7 Å². The Hall–Kier alpha value is -4.76. The summed E-state index contributed by atoms with van der Waals surface area (Å²) in [6.45, 7) is -2.95. The van der Waals surface area contributed by atoms with Crippen LogP contribution in [0, 0.1) is 5.82 Å². The maximum Gasteiger partial charge on any atom is 0.424 e. The molecule has 17 heteroatoms. The zero-order valence-corrected chi connectivity index (χ0v) is 23.0. The lowest BCUT2D eigenvalue weighted by Crippen LogP contribution is -2.52. The van der Waals surface area contributed by atoms with Crippen LogP contribution < -0.4 is 19.5 Å². The van der Waals surface area contributed by atoms with E-state index in [1.54, 1.807) is 0 Å². The monoisotopic (exact) mass is 641 g/mol. The number of pyridine rings is 1. The van der Waals surface area contributed by atoms with Crippen molar-refractivity contribution in [3.8, 4) is 28.5 Å². The Morgan fingerprint density at radius 1 is 1.13 bits per heavy atom. The maximum atomic E-state index is 14.6. The number of ether oxygens (including phenoxy) is 3. The van der Waals surface area contributed by atoms with E-state index in [-0.39, 0.29) is 29.0 Å². The number of nitrogens with one attached hydrogen (secondary N) is 1. The summed E-state index contributed by atoms with van der Waals surface area (Å²) in [7, 11) is 1.29. The molecule has 2 aliphatic rings. The van der Waals surface area contributed by atoms with Crippen molar-refractivity contribution in [2.75, 3.05) is 20.3 Å². The summed E-state index contributed by atoms with van der Waals surface area (Å²) in [6.07, 6.45) is -9.39. The largest absolute Gasteiger partial charge is 0.493 e. The van der Waals surface area contributed by atoms with Gasteiger partial charge >= 0.3 is 12.4 Å². The van der Waals surface area contributed by atoms with Crippen molar-refractivity contribution in [3.05, 3.63) is 81.6 Å². The van der Waals surface area contributed by atoms with Gasteiger partial charge in [0, 0.05) is 21.6 Å². The number of carbonyl (C=O) groups is 1. The molecule has 2 heterocycles. The number of halogens is 7. The third-order valence-corrected chi connectivity index (χ3v) is 7.29. The fourth-order valence-electron chi connectivity index (χ4n) is 4.62. The van der Waals surface area contributed by atoms with Gasteiger partial charge in [-0.2, -0.15) is 26.3 Å². The Kier molecular flexibility index (Phi) is 7.95. The summed E-state index contributed by atoms with van der Waals surface area (Å²) in [5.74, 6) is -2.15. The number of hydrogen-bond donors (Lipinski definition) is 2. The fourth-order valence-corrected chi connectivity index (χ4v) is 4.62. The minimum atomic E-state index is -5.62. The summed E-state index contributed by atoms with van der Waals surface area (Å²) >= 11 is 0. The molecule has 2 aromatic carbocycles. The second kappa shape index (κ2) is 11.3. The van der Waals surface area contributed by atoms with Crippen molar-refractivity contribution < 1.29 is 54.8 Å². The quantitative estimate of drug-likeness (QED) is 0.126. The van der Waals surface area contributed by atoms with Crippen molar-refractivity contribution in [2.45, 2.75) is 42.4 Å². The number of aliphatic hydroxyl groups is 1. The molecule has 1 aliphatic heterocycles. The molecule has 3 aromatic rings. The van der Waals surface area contributed by atoms with E-state index in [0.29, 0.717) is 5.75 Å². The number of alkyl halides is 6. The number of benzene rings is 2. The molecule has 10 nitrogen and oxygen atoms in total. The summed E-state index contributed by atoms with van der Waals surface area (Å²) in [5.41, 5.74) is -2.06. The van der Waals surface area contributed by atoms with E-state index in [9.17, 15) is 40.6 Å². The van der Waals surface area contributed by atoms with Gasteiger partial charge in [0.25, 0.3) is 5.91 Å². The predicted molar refractivity (Wildman–Crippen MR) is 141 cm³/mol. The number of nitrogens with zero attached hydrogens (tertiary/aromatic N) is 4. The van der Waals surface area contributed by atoms with Crippen molar-refractivity contribution in [2.24, 2.45) is 5.11 Å². The van der Waals surface area contributed by atoms with Gasteiger partial charge in [0.15, 0.2) is 11.5 Å². The topological polar surface area (TPSA) is 139 Å². The summed E-state index contributed by atoms with van der Waals surface area (Å²) in [6, 6.07) is 7.89. The number of rotatable bonds is 9. The summed E-state index contributed by atoms with van der Waals surface area (Å²) < 4.78 is 117. The molecule has 45 heavy (non-hydrogen) atoms. The average Bonchev–Trinajstić information content (AvgIpc) is 3.73. The van der Waals surface area contributed by atoms with Gasteiger partial charge in [-0.3, -0.25) is 4.79 Å². The van der Waals surface area contributed by atoms with E-state index >= 15 is 0 Å². The maximum absolute atomic E-state index is 14.6. The van der Waals surface area contributed by atoms with E-state index < -0.39 is 71.1 Å². The van der Waals surface area contributed by atoms with Crippen LogP contribution in [-0.2, 0) is 11.1 Å². The standard InChI is InChI=1S/C28H22F7N5O5/c1-43-20-10-15(4-9-19(20)45-17-7-8-17)24(41)37-12-26(42,28(33,34)35)21-11-18-23(22(38-21)14-2-5-16(29)6-3-14)44-13-25(18,39-40-36)27(30,31)32/h2-6,9-11,17,42H,7-8,12-13H2,1H3,(H,37,41)/t25-,26-/m0/s1. The summed E-state index contributed by atoms with van der Waals surface area (Å²) in [4.78, 5) is 19.0. The van der Waals surface area contributed by atoms with Gasteiger partial charge < -0.3 is 24.6 Å². The van der Waals surface area contributed by atoms with Crippen molar-refractivity contribution >= 4 is 5.91 Å². The van der Waals surface area contributed by atoms with Crippen molar-refractivity contribution in [1.29, 1.82) is 0 Å². The molecular weight excluding hydrogens is 619 g/mol. The number of fused-ring (bicyclic) bond motifs is 1. The lowest BCUT2D eigenvalue weighted by atomic mass is 9.87. The minimum absolute atomic E-state index is 0.0275. The van der Waals surface area contributed by atoms with Crippen LogP contribution in [0.5, 0.6) is 17.2 Å². The molecule has 2 atom stereocenters. The van der Waals surface area contributed by atoms with Crippen LogP contribution in [0.3, 0.4) is 0 Å². The predicted octanol–water partition coefficient (Wildman–Crippen LogP) is 6.08. The zero-order valence-electron chi connectivity index (χ0n) is 23.0. The van der Waals surface area contributed by atoms with E-state index in [1.165, 1.54) is 25.3 Å². The lowest BCUT2D eigenvalue weighted by molar-refractivity contribution is -0.265. The molecule has 238 valence electrons. The number of amides is 1. The fraction of sp³-hybridized carbons (Fsp3) is 0.357. The number of methoxy groups -OCH3 is 1. The molecule has 1 amide bonds. The highest BCUT2D eigenvalue weighted by molar-refractivity contribution is 5.95. The van der Waals surface area contributed by atoms with E-state index in [4.69, 9.17) is 19.7 Å². The highest BCUT2D eigenvalue weighted by Crippen LogP contribution is 2.54. The lowest BCUT2D eigenvalue weighted by Gasteiger charge is -2.32. The first-order chi connectivity index (χ1) is 21.1. The van der Waals surface area contributed by atoms with Gasteiger partial charge in [0.05, 0.1) is 25.5 Å². The SMILES string of the molecule is COc1cc(C(=O)NC[C@](O)(c2cc3c(c(-c4ccc(F)cc4)n2)OC[C@@]3(N=[N+]=[N-])C(F)(F)F)C(F)(F)F)ccc1OC1CC1. The van der Waals surface area contributed by atoms with Gasteiger partial charge in [0.1, 0.15) is 23.9 Å². The van der Waals surface area contributed by atoms with Gasteiger partial charge in [-0.1, -0.05) is 5.11 Å². The molecule has 0 unspecified atom stereocenters. The molecule has 0 bridgehead atoms. The number of azide groups is 1. The van der Waals surface area contributed by atoms with Gasteiger partial charge in [-0.15, -0.1) is 0 Å². The van der Waals surface area contributed by atoms with E-state index in [1.807, 2.05) is 5.32 Å². The van der Waals surface area contributed by atoms with Crippen molar-refractivity contribution in [3.63, 3.8) is 0 Å². The van der Waals surface area contributed by atoms with E-state index in [0.717, 1.165) is 37.1 Å². The third kappa shape index (κ3) is 5.76. The second-order valence-corrected chi connectivity index (χ2v) is 10.3. The summed E-state index contributed by atoms with van der Waals surface area (Å²) in [5, 5.41) is 15.9. The Balaban J connectivity index is 1.59. The molecule has 1 saturated carbocycles. The first-order valence-electron chi connectivity index (χ1n) is 13.1. The first-order valence-corrected chi connectivity index (χ1v) is 13.1. The molecule has 1 aliphatic carbocycles. The Morgan fingerprint density at radius 3 is 2.40 bits per heavy atom. The molecule has 0 radical (unpaired) electrons. The highest BCUT2D eigenvalue weighted by Gasteiger charge is 2.63. The number of carbonyl (C=O) groups excluding carboxylic acids is 1. The Bertz CT molecular complexity index is 1670.